The summed E-state index contributed by atoms with van der Waals surface area (Å²) < 4.78 is 0.901. The van der Waals surface area contributed by atoms with Gasteiger partial charge < -0.3 is 10.0 Å². The highest BCUT2D eigenvalue weighted by molar-refractivity contribution is 9.10. The van der Waals surface area contributed by atoms with Crippen LogP contribution in [-0.4, -0.2) is 26.7 Å². The van der Waals surface area contributed by atoms with Crippen LogP contribution in [0.3, 0.4) is 0 Å². The summed E-state index contributed by atoms with van der Waals surface area (Å²) in [5.41, 5.74) is 4.32. The Morgan fingerprint density at radius 3 is 2.33 bits per heavy atom. The van der Waals surface area contributed by atoms with Crippen LogP contribution in [0.5, 0.6) is 0 Å². The van der Waals surface area contributed by atoms with Crippen molar-refractivity contribution in [3.63, 3.8) is 0 Å². The van der Waals surface area contributed by atoms with Crippen molar-refractivity contribution in [1.82, 2.24) is 9.88 Å². The third-order valence-corrected chi connectivity index (χ3v) is 6.88. The molecule has 1 aliphatic rings. The number of nitrogens with zero attached hydrogens (tertiary/aromatic N) is 2. The summed E-state index contributed by atoms with van der Waals surface area (Å²) >= 11 is 3.46. The third-order valence-electron chi connectivity index (χ3n) is 5.99. The topological polar surface area (TPSA) is 70.5 Å². The average Bonchev–Trinajstić information content (AvgIpc) is 3.06. The van der Waals surface area contributed by atoms with Crippen LogP contribution in [0.1, 0.15) is 53.6 Å². The molecular formula is C27H25BrN2O3. The van der Waals surface area contributed by atoms with Crippen molar-refractivity contribution in [1.29, 1.82) is 0 Å². The summed E-state index contributed by atoms with van der Waals surface area (Å²) in [7, 11) is 0. The van der Waals surface area contributed by atoms with Crippen molar-refractivity contribution in [2.75, 3.05) is 0 Å². The highest BCUT2D eigenvalue weighted by atomic mass is 79.9. The minimum absolute atomic E-state index is 0.105. The number of hydrogen-bond donors (Lipinski definition) is 1. The molecule has 2 aromatic carbocycles. The molecule has 1 amide bonds. The number of benzene rings is 2. The standard InChI is InChI=1S/C27H25BrN2O3/c1-16(2)19-4-6-20(7-5-19)24-23(25(31)21-8-9-22(28)17(3)14-21)26(32)27(33)30(24)15-18-10-12-29-13-11-18/h4-14,16,24,31H,15H2,1-3H3/b25-23-. The summed E-state index contributed by atoms with van der Waals surface area (Å²) in [6.07, 6.45) is 3.31. The number of aryl methyl sites for hydroxylation is 1. The minimum Gasteiger partial charge on any atom is -0.507 e. The van der Waals surface area contributed by atoms with Crippen LogP contribution >= 0.6 is 15.9 Å². The highest BCUT2D eigenvalue weighted by Crippen LogP contribution is 2.40. The number of Topliss-reactive ketones (excluding diaryl/α,β-unsaturated/α-hetero) is 1. The van der Waals surface area contributed by atoms with Crippen LogP contribution in [0, 0.1) is 6.92 Å². The summed E-state index contributed by atoms with van der Waals surface area (Å²) in [6.45, 7) is 6.37. The lowest BCUT2D eigenvalue weighted by molar-refractivity contribution is -0.140. The second kappa shape index (κ2) is 9.32. The van der Waals surface area contributed by atoms with Gasteiger partial charge in [-0.05, 0) is 59.4 Å². The van der Waals surface area contributed by atoms with E-state index in [-0.39, 0.29) is 17.9 Å². The molecule has 2 heterocycles. The molecule has 1 saturated heterocycles. The van der Waals surface area contributed by atoms with Crippen molar-refractivity contribution in [3.05, 3.63) is 105 Å². The number of ketones is 1. The summed E-state index contributed by atoms with van der Waals surface area (Å²) in [4.78, 5) is 31.9. The molecule has 0 aliphatic carbocycles. The van der Waals surface area contributed by atoms with Crippen molar-refractivity contribution >= 4 is 33.4 Å². The maximum atomic E-state index is 13.2. The van der Waals surface area contributed by atoms with E-state index >= 15 is 0 Å². The van der Waals surface area contributed by atoms with Gasteiger partial charge >= 0.3 is 0 Å². The van der Waals surface area contributed by atoms with Gasteiger partial charge in [0, 0.05) is 29.0 Å². The molecule has 1 aliphatic heterocycles. The number of aromatic nitrogens is 1. The van der Waals surface area contributed by atoms with E-state index in [2.05, 4.69) is 34.8 Å². The zero-order valence-electron chi connectivity index (χ0n) is 18.7. The average molecular weight is 505 g/mol. The maximum Gasteiger partial charge on any atom is 0.295 e. The molecule has 1 aromatic heterocycles. The molecule has 4 rings (SSSR count). The second-order valence-electron chi connectivity index (χ2n) is 8.57. The predicted octanol–water partition coefficient (Wildman–Crippen LogP) is 5.90. The molecule has 33 heavy (non-hydrogen) atoms. The van der Waals surface area contributed by atoms with E-state index in [9.17, 15) is 14.7 Å². The predicted molar refractivity (Wildman–Crippen MR) is 131 cm³/mol. The fraction of sp³-hybridized carbons (Fsp3) is 0.222. The van der Waals surface area contributed by atoms with Crippen molar-refractivity contribution < 1.29 is 14.7 Å². The first-order valence-corrected chi connectivity index (χ1v) is 11.6. The Kier molecular flexibility index (Phi) is 6.47. The van der Waals surface area contributed by atoms with Crippen molar-refractivity contribution in [2.45, 2.75) is 39.3 Å². The first-order valence-electron chi connectivity index (χ1n) is 10.8. The number of carbonyl (C=O) groups is 2. The quantitative estimate of drug-likeness (QED) is 0.266. The van der Waals surface area contributed by atoms with E-state index in [0.717, 1.165) is 26.7 Å². The van der Waals surface area contributed by atoms with Gasteiger partial charge in [0.25, 0.3) is 11.7 Å². The van der Waals surface area contributed by atoms with E-state index in [0.29, 0.717) is 11.5 Å². The van der Waals surface area contributed by atoms with Gasteiger partial charge in [-0.15, -0.1) is 0 Å². The fourth-order valence-electron chi connectivity index (χ4n) is 4.09. The number of aliphatic hydroxyl groups is 1. The molecule has 1 atom stereocenters. The number of carbonyl (C=O) groups excluding carboxylic acids is 2. The second-order valence-corrected chi connectivity index (χ2v) is 9.42. The first-order chi connectivity index (χ1) is 15.8. The number of pyridine rings is 1. The molecule has 6 heteroatoms. The lowest BCUT2D eigenvalue weighted by Gasteiger charge is -2.26. The Morgan fingerprint density at radius 1 is 1.06 bits per heavy atom. The lowest BCUT2D eigenvalue weighted by atomic mass is 9.93. The number of rotatable bonds is 5. The monoisotopic (exact) mass is 504 g/mol. The molecule has 0 radical (unpaired) electrons. The maximum absolute atomic E-state index is 13.2. The van der Waals surface area contributed by atoms with Crippen LogP contribution in [0.2, 0.25) is 0 Å². The molecule has 1 fully saturated rings. The van der Waals surface area contributed by atoms with Gasteiger partial charge in [-0.2, -0.15) is 0 Å². The largest absolute Gasteiger partial charge is 0.507 e. The Labute approximate surface area is 201 Å². The number of amides is 1. The Balaban J connectivity index is 1.86. The molecule has 5 nitrogen and oxygen atoms in total. The van der Waals surface area contributed by atoms with Crippen LogP contribution in [0.4, 0.5) is 0 Å². The Hall–Kier alpha value is -3.25. The Morgan fingerprint density at radius 2 is 1.73 bits per heavy atom. The van der Waals surface area contributed by atoms with E-state index in [1.807, 2.05) is 49.4 Å². The van der Waals surface area contributed by atoms with E-state index in [1.54, 1.807) is 24.5 Å². The third kappa shape index (κ3) is 4.48. The highest BCUT2D eigenvalue weighted by Gasteiger charge is 2.46. The lowest BCUT2D eigenvalue weighted by Crippen LogP contribution is -2.29. The molecule has 168 valence electrons. The summed E-state index contributed by atoms with van der Waals surface area (Å²) in [5.74, 6) is -1.12. The van der Waals surface area contributed by atoms with Gasteiger partial charge in [0.2, 0.25) is 0 Å². The zero-order chi connectivity index (χ0) is 23.7. The number of halogens is 1. The van der Waals surface area contributed by atoms with Crippen LogP contribution < -0.4 is 0 Å². The SMILES string of the molecule is Cc1cc(/C(O)=C2/C(=O)C(=O)N(Cc3ccncc3)C2c2ccc(C(C)C)cc2)ccc1Br. The number of aliphatic hydroxyl groups excluding tert-OH is 1. The molecule has 0 bridgehead atoms. The molecule has 0 spiro atoms. The van der Waals surface area contributed by atoms with Gasteiger partial charge in [0.05, 0.1) is 11.6 Å². The van der Waals surface area contributed by atoms with E-state index < -0.39 is 17.7 Å². The van der Waals surface area contributed by atoms with E-state index in [1.165, 1.54) is 4.90 Å². The number of likely N-dealkylation sites (tertiary alicyclic amines) is 1. The van der Waals surface area contributed by atoms with E-state index in [4.69, 9.17) is 0 Å². The molecule has 1 unspecified atom stereocenters. The molecule has 0 saturated carbocycles. The van der Waals surface area contributed by atoms with Crippen molar-refractivity contribution in [3.8, 4) is 0 Å². The van der Waals surface area contributed by atoms with Gasteiger partial charge in [-0.3, -0.25) is 14.6 Å². The Bertz CT molecular complexity index is 1230. The van der Waals surface area contributed by atoms with Crippen LogP contribution in [0.25, 0.3) is 5.76 Å². The molecule has 1 N–H and O–H groups in total. The summed E-state index contributed by atoms with van der Waals surface area (Å²) in [6, 6.07) is 16.2. The zero-order valence-corrected chi connectivity index (χ0v) is 20.3. The van der Waals surface area contributed by atoms with Gasteiger partial charge in [-0.1, -0.05) is 60.1 Å². The van der Waals surface area contributed by atoms with Gasteiger partial charge in [0.15, 0.2) is 0 Å². The smallest absolute Gasteiger partial charge is 0.295 e. The summed E-state index contributed by atoms with van der Waals surface area (Å²) in [5, 5.41) is 11.2. The van der Waals surface area contributed by atoms with Crippen molar-refractivity contribution in [2.24, 2.45) is 0 Å². The molecular weight excluding hydrogens is 480 g/mol. The number of hydrogen-bond acceptors (Lipinski definition) is 4. The van der Waals surface area contributed by atoms with Crippen LogP contribution in [0.15, 0.2) is 77.0 Å². The minimum atomic E-state index is -0.691. The van der Waals surface area contributed by atoms with Gasteiger partial charge in [0.1, 0.15) is 5.76 Å². The fourth-order valence-corrected chi connectivity index (χ4v) is 4.33. The molecule has 3 aromatic rings. The van der Waals surface area contributed by atoms with Crippen LogP contribution in [-0.2, 0) is 16.1 Å². The first kappa shape index (κ1) is 22.9. The van der Waals surface area contributed by atoms with Gasteiger partial charge in [-0.25, -0.2) is 0 Å². The normalized spacial score (nSPS) is 17.7.